The molecule has 1 saturated heterocycles. The van der Waals surface area contributed by atoms with E-state index in [0.29, 0.717) is 0 Å². The van der Waals surface area contributed by atoms with Crippen LogP contribution < -0.4 is 5.19 Å². The first-order chi connectivity index (χ1) is 9.99. The van der Waals surface area contributed by atoms with Gasteiger partial charge >= 0.3 is 34.2 Å². The molecule has 22 heavy (non-hydrogen) atoms. The molecule has 1 aliphatic rings. The highest BCUT2D eigenvalue weighted by Crippen LogP contribution is 2.30. The van der Waals surface area contributed by atoms with Gasteiger partial charge in [-0.2, -0.15) is 0 Å². The average Bonchev–Trinajstić information content (AvgIpc) is 2.35. The second-order valence-corrected chi connectivity index (χ2v) is 20.5. The normalized spacial score (nSPS) is 34.5. The second-order valence-electron chi connectivity index (χ2n) is 6.74. The number of benzene rings is 1. The minimum absolute atomic E-state index is 1.10. The van der Waals surface area contributed by atoms with Crippen molar-refractivity contribution in [2.75, 3.05) is 0 Å². The topological polar surface area (TPSA) is 36.9 Å². The summed E-state index contributed by atoms with van der Waals surface area (Å²) >= 11 is 0. The summed E-state index contributed by atoms with van der Waals surface area (Å²) in [6.07, 6.45) is 0. The van der Waals surface area contributed by atoms with E-state index in [0.717, 1.165) is 5.19 Å². The van der Waals surface area contributed by atoms with Crippen LogP contribution in [0.25, 0.3) is 0 Å². The van der Waals surface area contributed by atoms with Crippen LogP contribution in [0.2, 0.25) is 39.3 Å². The summed E-state index contributed by atoms with van der Waals surface area (Å²) in [6, 6.07) is 10.2. The fourth-order valence-electron chi connectivity index (χ4n) is 2.96. The monoisotopic (exact) mass is 370 g/mol. The first kappa shape index (κ1) is 18.0. The Labute approximate surface area is 138 Å². The van der Waals surface area contributed by atoms with E-state index in [1.54, 1.807) is 0 Å². The molecule has 2 unspecified atom stereocenters. The van der Waals surface area contributed by atoms with Crippen molar-refractivity contribution < 1.29 is 16.5 Å². The maximum Gasteiger partial charge on any atom is 0.351 e. The van der Waals surface area contributed by atoms with E-state index in [-0.39, 0.29) is 0 Å². The lowest BCUT2D eigenvalue weighted by molar-refractivity contribution is 0.245. The van der Waals surface area contributed by atoms with E-state index in [9.17, 15) is 0 Å². The lowest BCUT2D eigenvalue weighted by Crippen LogP contribution is -2.69. The van der Waals surface area contributed by atoms with Crippen LogP contribution >= 0.6 is 0 Å². The predicted molar refractivity (Wildman–Crippen MR) is 98.8 cm³/mol. The van der Waals surface area contributed by atoms with Gasteiger partial charge in [0.25, 0.3) is 0 Å². The Hall–Kier alpha value is -0.332. The molecule has 1 aliphatic heterocycles. The molecule has 0 aromatic heterocycles. The van der Waals surface area contributed by atoms with Gasteiger partial charge in [-0.3, -0.25) is 0 Å². The van der Waals surface area contributed by atoms with Gasteiger partial charge in [-0.05, 0) is 44.5 Å². The van der Waals surface area contributed by atoms with Crippen LogP contribution in [0.1, 0.15) is 0 Å². The zero-order chi connectivity index (χ0) is 16.6. The van der Waals surface area contributed by atoms with Crippen LogP contribution in [0.15, 0.2) is 42.6 Å². The summed E-state index contributed by atoms with van der Waals surface area (Å²) in [5.74, 6) is 0. The molecule has 122 valence electrons. The van der Waals surface area contributed by atoms with Gasteiger partial charge in [0.05, 0.1) is 0 Å². The largest absolute Gasteiger partial charge is 0.416 e. The van der Waals surface area contributed by atoms with Gasteiger partial charge in [-0.25, -0.2) is 0 Å². The Morgan fingerprint density at radius 1 is 0.773 bits per heavy atom. The maximum absolute atomic E-state index is 6.58. The molecule has 4 nitrogen and oxygen atoms in total. The third-order valence-corrected chi connectivity index (χ3v) is 19.8. The van der Waals surface area contributed by atoms with Crippen LogP contribution in [0.4, 0.5) is 0 Å². The van der Waals surface area contributed by atoms with Crippen molar-refractivity contribution in [3.8, 4) is 0 Å². The molecule has 0 amide bonds. The number of hydrogen-bond donors (Lipinski definition) is 0. The van der Waals surface area contributed by atoms with Crippen molar-refractivity contribution in [1.82, 2.24) is 0 Å². The van der Waals surface area contributed by atoms with Gasteiger partial charge in [0, 0.05) is 0 Å². The quantitative estimate of drug-likeness (QED) is 0.749. The highest BCUT2D eigenvalue weighted by atomic mass is 28.5. The molecule has 0 N–H and O–H groups in total. The van der Waals surface area contributed by atoms with E-state index in [1.807, 2.05) is 30.4 Å². The zero-order valence-corrected chi connectivity index (χ0v) is 18.3. The van der Waals surface area contributed by atoms with Crippen LogP contribution in [-0.4, -0.2) is 34.2 Å². The van der Waals surface area contributed by atoms with Gasteiger partial charge in [-0.15, -0.1) is 6.58 Å². The molecule has 0 spiro atoms. The summed E-state index contributed by atoms with van der Waals surface area (Å²) in [4.78, 5) is 0. The molecule has 2 atom stereocenters. The van der Waals surface area contributed by atoms with E-state index < -0.39 is 34.2 Å². The lowest BCUT2D eigenvalue weighted by atomic mass is 10.4. The summed E-state index contributed by atoms with van der Waals surface area (Å²) < 4.78 is 25.9. The number of rotatable bonds is 2. The molecule has 1 heterocycles. The molecular formula is C14H26O4Si4. The minimum atomic E-state index is -2.63. The molecule has 8 heteroatoms. The molecular weight excluding hydrogens is 344 g/mol. The molecule has 1 aromatic rings. The molecule has 0 radical (unpaired) electrons. The second kappa shape index (κ2) is 5.95. The first-order valence-corrected chi connectivity index (χ1v) is 17.8. The fourth-order valence-corrected chi connectivity index (χ4v) is 23.0. The third-order valence-electron chi connectivity index (χ3n) is 3.45. The zero-order valence-electron chi connectivity index (χ0n) is 14.3. The van der Waals surface area contributed by atoms with Crippen LogP contribution in [-0.2, 0) is 16.5 Å². The standard InChI is InChI=1S/C14H26O4Si4/c1-8-21(6)16-19(2,3)15-20(4,5)17-22(7,18-21)14-12-10-9-11-13-14/h8-13H,1H2,2-7H3. The summed E-state index contributed by atoms with van der Waals surface area (Å²) in [5.41, 5.74) is 1.84. The SMILES string of the molecule is C=C[Si]1(C)O[Si](C)(C)O[Si](C)(C)O[Si](C)(c2ccccc2)O1. The van der Waals surface area contributed by atoms with Gasteiger partial charge in [0.15, 0.2) is 0 Å². The van der Waals surface area contributed by atoms with Gasteiger partial charge < -0.3 is 16.5 Å². The van der Waals surface area contributed by atoms with Gasteiger partial charge in [0.2, 0.25) is 0 Å². The van der Waals surface area contributed by atoms with Crippen molar-refractivity contribution in [3.63, 3.8) is 0 Å². The molecule has 2 rings (SSSR count). The van der Waals surface area contributed by atoms with Crippen molar-refractivity contribution in [1.29, 1.82) is 0 Å². The summed E-state index contributed by atoms with van der Waals surface area (Å²) in [6.45, 7) is 16.3. The van der Waals surface area contributed by atoms with Crippen LogP contribution in [0.5, 0.6) is 0 Å². The maximum atomic E-state index is 6.58. The van der Waals surface area contributed by atoms with E-state index in [2.05, 4.69) is 51.4 Å². The van der Waals surface area contributed by atoms with Crippen molar-refractivity contribution >= 4 is 39.4 Å². The molecule has 0 aliphatic carbocycles. The van der Waals surface area contributed by atoms with Gasteiger partial charge in [0.1, 0.15) is 0 Å². The first-order valence-electron chi connectivity index (χ1n) is 7.49. The van der Waals surface area contributed by atoms with E-state index >= 15 is 0 Å². The van der Waals surface area contributed by atoms with Crippen LogP contribution in [0.3, 0.4) is 0 Å². The molecule has 1 fully saturated rings. The van der Waals surface area contributed by atoms with Crippen molar-refractivity contribution in [3.05, 3.63) is 42.6 Å². The average molecular weight is 371 g/mol. The molecule has 0 bridgehead atoms. The predicted octanol–water partition coefficient (Wildman–Crippen LogP) is 3.25. The Morgan fingerprint density at radius 3 is 1.86 bits per heavy atom. The number of hydrogen-bond acceptors (Lipinski definition) is 4. The highest BCUT2D eigenvalue weighted by molar-refractivity contribution is 6.98. The Kier molecular flexibility index (Phi) is 4.87. The molecule has 0 saturated carbocycles. The lowest BCUT2D eigenvalue weighted by Gasteiger charge is -2.47. The Bertz CT molecular complexity index is 551. The molecule has 1 aromatic carbocycles. The third kappa shape index (κ3) is 4.14. The van der Waals surface area contributed by atoms with E-state index in [1.165, 1.54) is 0 Å². The van der Waals surface area contributed by atoms with Crippen LogP contribution in [0, 0.1) is 0 Å². The van der Waals surface area contributed by atoms with Crippen molar-refractivity contribution in [2.24, 2.45) is 0 Å². The van der Waals surface area contributed by atoms with Crippen molar-refractivity contribution in [2.45, 2.75) is 39.3 Å². The smallest absolute Gasteiger partial charge is 0.351 e. The van der Waals surface area contributed by atoms with E-state index in [4.69, 9.17) is 16.5 Å². The summed E-state index contributed by atoms with van der Waals surface area (Å²) in [5, 5.41) is 1.10. The minimum Gasteiger partial charge on any atom is -0.416 e. The Morgan fingerprint density at radius 2 is 1.32 bits per heavy atom. The Balaban J connectivity index is 2.48. The summed E-state index contributed by atoms with van der Waals surface area (Å²) in [7, 11) is -9.82. The fraction of sp³-hybridized carbons (Fsp3) is 0.429. The van der Waals surface area contributed by atoms with Gasteiger partial charge in [-0.1, -0.05) is 36.0 Å². The highest BCUT2D eigenvalue weighted by Gasteiger charge is 2.54.